The Labute approximate surface area is 269 Å². The van der Waals surface area contributed by atoms with Gasteiger partial charge in [0.25, 0.3) is 0 Å². The first-order chi connectivity index (χ1) is 21.7. The number of pyridine rings is 2. The lowest BCUT2D eigenvalue weighted by Gasteiger charge is -2.40. The molecule has 0 unspecified atom stereocenters. The van der Waals surface area contributed by atoms with E-state index in [1.165, 1.54) is 61.3 Å². The first-order valence-corrected chi connectivity index (χ1v) is 16.3. The Balaban J connectivity index is 1.17. The van der Waals surface area contributed by atoms with Crippen LogP contribution in [0.2, 0.25) is 0 Å². The number of hydrogen-bond acceptors (Lipinski definition) is 4. The largest absolute Gasteiger partial charge is 0.364 e. The molecule has 0 saturated carbocycles. The molecule has 0 amide bonds. The summed E-state index contributed by atoms with van der Waals surface area (Å²) in [6, 6.07) is 29.6. The van der Waals surface area contributed by atoms with Crippen LogP contribution in [0.15, 0.2) is 91.3 Å². The molecule has 0 atom stereocenters. The van der Waals surface area contributed by atoms with E-state index in [1.807, 2.05) is 12.4 Å². The maximum absolute atomic E-state index is 4.74. The second-order valence-electron chi connectivity index (χ2n) is 13.1. The Morgan fingerprint density at radius 1 is 0.622 bits per heavy atom. The van der Waals surface area contributed by atoms with Gasteiger partial charge in [0, 0.05) is 61.4 Å². The standard InChI is InChI=1S/C41H46N4/c1-28-7-11-38(12-8-28)45(27-35-14-18-42-40(25-35)36-10-9-29(2)30(3)21-36)39-15-19-44(20-16-39)26-34-13-17-43-41(24-34)37-22-31(4)33(6)32(5)23-37/h7-14,17-18,21-25,39H,15-16,19-20,26-27H2,1-6H3. The maximum atomic E-state index is 4.74. The van der Waals surface area contributed by atoms with Crippen molar-refractivity contribution in [3.8, 4) is 22.5 Å². The van der Waals surface area contributed by atoms with Gasteiger partial charge in [0.05, 0.1) is 11.4 Å². The first-order valence-electron chi connectivity index (χ1n) is 16.3. The Bertz CT molecular complexity index is 1760. The smallest absolute Gasteiger partial charge is 0.0705 e. The predicted molar refractivity (Wildman–Crippen MR) is 189 cm³/mol. The summed E-state index contributed by atoms with van der Waals surface area (Å²) in [5.41, 5.74) is 16.4. The summed E-state index contributed by atoms with van der Waals surface area (Å²) in [6.07, 6.45) is 6.22. The minimum Gasteiger partial charge on any atom is -0.364 e. The van der Waals surface area contributed by atoms with Gasteiger partial charge in [0.15, 0.2) is 0 Å². The summed E-state index contributed by atoms with van der Waals surface area (Å²) in [6.45, 7) is 17.1. The van der Waals surface area contributed by atoms with E-state index in [2.05, 4.69) is 130 Å². The third kappa shape index (κ3) is 7.18. The fourth-order valence-electron chi connectivity index (χ4n) is 6.56. The van der Waals surface area contributed by atoms with E-state index in [9.17, 15) is 0 Å². The van der Waals surface area contributed by atoms with Crippen molar-refractivity contribution < 1.29 is 0 Å². The van der Waals surface area contributed by atoms with Crippen molar-refractivity contribution in [2.24, 2.45) is 0 Å². The lowest BCUT2D eigenvalue weighted by Crippen LogP contribution is -2.44. The van der Waals surface area contributed by atoms with E-state index in [4.69, 9.17) is 9.97 Å². The molecule has 5 aromatic rings. The van der Waals surface area contributed by atoms with E-state index in [0.29, 0.717) is 6.04 Å². The van der Waals surface area contributed by atoms with Crippen molar-refractivity contribution in [1.82, 2.24) is 14.9 Å². The third-order valence-electron chi connectivity index (χ3n) is 9.80. The number of aromatic nitrogens is 2. The molecule has 4 nitrogen and oxygen atoms in total. The molecular formula is C41H46N4. The van der Waals surface area contributed by atoms with Crippen LogP contribution in [0.4, 0.5) is 5.69 Å². The molecule has 3 aromatic carbocycles. The molecule has 0 radical (unpaired) electrons. The monoisotopic (exact) mass is 594 g/mol. The zero-order chi connectivity index (χ0) is 31.5. The Morgan fingerprint density at radius 3 is 1.89 bits per heavy atom. The van der Waals surface area contributed by atoms with Crippen molar-refractivity contribution in [3.05, 3.63) is 136 Å². The molecule has 4 heteroatoms. The molecular weight excluding hydrogens is 548 g/mol. The van der Waals surface area contributed by atoms with E-state index in [0.717, 1.165) is 50.4 Å². The number of benzene rings is 3. The van der Waals surface area contributed by atoms with Crippen LogP contribution in [0.5, 0.6) is 0 Å². The fourth-order valence-corrected chi connectivity index (χ4v) is 6.56. The van der Waals surface area contributed by atoms with Crippen molar-refractivity contribution in [1.29, 1.82) is 0 Å². The first kappa shape index (κ1) is 30.7. The fraction of sp³-hybridized carbons (Fsp3) is 0.317. The highest BCUT2D eigenvalue weighted by Crippen LogP contribution is 2.29. The number of anilines is 1. The summed E-state index contributed by atoms with van der Waals surface area (Å²) in [5, 5.41) is 0. The van der Waals surface area contributed by atoms with Crippen LogP contribution in [0, 0.1) is 41.5 Å². The van der Waals surface area contributed by atoms with Gasteiger partial charge in [0.2, 0.25) is 0 Å². The van der Waals surface area contributed by atoms with E-state index >= 15 is 0 Å². The van der Waals surface area contributed by atoms with Crippen LogP contribution >= 0.6 is 0 Å². The van der Waals surface area contributed by atoms with Crippen molar-refractivity contribution >= 4 is 5.69 Å². The van der Waals surface area contributed by atoms with E-state index in [1.54, 1.807) is 0 Å². The number of aryl methyl sites for hydroxylation is 5. The molecule has 0 bridgehead atoms. The molecule has 45 heavy (non-hydrogen) atoms. The molecule has 1 fully saturated rings. The molecule has 1 saturated heterocycles. The quantitative estimate of drug-likeness (QED) is 0.179. The topological polar surface area (TPSA) is 32.3 Å². The minimum absolute atomic E-state index is 0.480. The van der Waals surface area contributed by atoms with Crippen LogP contribution in [0.1, 0.15) is 57.3 Å². The normalized spacial score (nSPS) is 14.1. The molecule has 1 aliphatic heterocycles. The summed E-state index contributed by atoms with van der Waals surface area (Å²) < 4.78 is 0. The van der Waals surface area contributed by atoms with Crippen LogP contribution in [0.3, 0.4) is 0 Å². The SMILES string of the molecule is Cc1ccc(N(Cc2ccnc(-c3ccc(C)c(C)c3)c2)C2CCN(Cc3ccnc(-c4cc(C)c(C)c(C)c4)c3)CC2)cc1. The van der Waals surface area contributed by atoms with Crippen molar-refractivity contribution in [2.45, 2.75) is 73.5 Å². The highest BCUT2D eigenvalue weighted by atomic mass is 15.2. The molecule has 1 aliphatic rings. The highest BCUT2D eigenvalue weighted by Gasteiger charge is 2.25. The summed E-state index contributed by atoms with van der Waals surface area (Å²) in [5.74, 6) is 0. The average Bonchev–Trinajstić information content (AvgIpc) is 3.05. The zero-order valence-electron chi connectivity index (χ0n) is 27.8. The van der Waals surface area contributed by atoms with E-state index < -0.39 is 0 Å². The van der Waals surface area contributed by atoms with Gasteiger partial charge in [-0.2, -0.15) is 0 Å². The van der Waals surface area contributed by atoms with Gasteiger partial charge >= 0.3 is 0 Å². The molecule has 0 spiro atoms. The van der Waals surface area contributed by atoms with Crippen LogP contribution in [-0.4, -0.2) is 34.0 Å². The van der Waals surface area contributed by atoms with Crippen LogP contribution in [-0.2, 0) is 13.1 Å². The number of likely N-dealkylation sites (tertiary alicyclic amines) is 1. The number of piperidine rings is 1. The van der Waals surface area contributed by atoms with Gasteiger partial charge in [-0.1, -0.05) is 29.8 Å². The van der Waals surface area contributed by atoms with Crippen LogP contribution in [0.25, 0.3) is 22.5 Å². The van der Waals surface area contributed by atoms with Gasteiger partial charge in [-0.05, 0) is 148 Å². The molecule has 6 rings (SSSR count). The third-order valence-corrected chi connectivity index (χ3v) is 9.80. The van der Waals surface area contributed by atoms with Gasteiger partial charge in [-0.25, -0.2) is 0 Å². The number of rotatable bonds is 8. The summed E-state index contributed by atoms with van der Waals surface area (Å²) >= 11 is 0. The van der Waals surface area contributed by atoms with Crippen LogP contribution < -0.4 is 4.90 Å². The lowest BCUT2D eigenvalue weighted by atomic mass is 9.98. The second kappa shape index (κ2) is 13.4. The molecule has 230 valence electrons. The lowest BCUT2D eigenvalue weighted by molar-refractivity contribution is 0.201. The Morgan fingerprint density at radius 2 is 1.22 bits per heavy atom. The van der Waals surface area contributed by atoms with E-state index in [-0.39, 0.29) is 0 Å². The Hall–Kier alpha value is -4.28. The summed E-state index contributed by atoms with van der Waals surface area (Å²) in [7, 11) is 0. The maximum Gasteiger partial charge on any atom is 0.0705 e. The minimum atomic E-state index is 0.480. The molecule has 0 N–H and O–H groups in total. The zero-order valence-corrected chi connectivity index (χ0v) is 27.8. The van der Waals surface area contributed by atoms with Crippen molar-refractivity contribution in [2.75, 3.05) is 18.0 Å². The van der Waals surface area contributed by atoms with Gasteiger partial charge < -0.3 is 4.90 Å². The van der Waals surface area contributed by atoms with Gasteiger partial charge in [0.1, 0.15) is 0 Å². The average molecular weight is 595 g/mol. The molecule has 2 aromatic heterocycles. The van der Waals surface area contributed by atoms with Gasteiger partial charge in [-0.15, -0.1) is 0 Å². The number of hydrogen-bond donors (Lipinski definition) is 0. The number of nitrogens with zero attached hydrogens (tertiary/aromatic N) is 4. The van der Waals surface area contributed by atoms with Gasteiger partial charge in [-0.3, -0.25) is 14.9 Å². The molecule has 3 heterocycles. The second-order valence-corrected chi connectivity index (χ2v) is 13.1. The highest BCUT2D eigenvalue weighted by molar-refractivity contribution is 5.64. The summed E-state index contributed by atoms with van der Waals surface area (Å²) in [4.78, 5) is 14.7. The predicted octanol–water partition coefficient (Wildman–Crippen LogP) is 9.33. The Kier molecular flexibility index (Phi) is 9.14. The van der Waals surface area contributed by atoms with Crippen molar-refractivity contribution in [3.63, 3.8) is 0 Å². The molecule has 0 aliphatic carbocycles.